The van der Waals surface area contributed by atoms with E-state index < -0.39 is 11.3 Å². The van der Waals surface area contributed by atoms with Crippen molar-refractivity contribution in [3.05, 3.63) is 23.8 Å². The molecule has 230 valence electrons. The second-order valence-electron chi connectivity index (χ2n) is 12.2. The smallest absolute Gasteiger partial charge is 0.254 e. The average Bonchev–Trinajstić information content (AvgIpc) is 3.77. The van der Waals surface area contributed by atoms with Crippen LogP contribution in [0.2, 0.25) is 0 Å². The van der Waals surface area contributed by atoms with Gasteiger partial charge >= 0.3 is 0 Å². The monoisotopic (exact) mass is 574 g/mol. The van der Waals surface area contributed by atoms with Crippen molar-refractivity contribution in [3.63, 3.8) is 0 Å². The Morgan fingerprint density at radius 3 is 2.32 bits per heavy atom. The number of hydrogen-bond donors (Lipinski definition) is 2. The molecule has 3 amide bonds. The van der Waals surface area contributed by atoms with Crippen LogP contribution in [0.5, 0.6) is 11.5 Å². The molecule has 41 heavy (non-hydrogen) atoms. The number of carbonyl (C=O) groups is 3. The van der Waals surface area contributed by atoms with Gasteiger partial charge in [0.05, 0.1) is 19.1 Å². The molecular formula is C31H50N4O6. The molecule has 3 N–H and O–H groups in total. The molecule has 2 fully saturated rings. The van der Waals surface area contributed by atoms with Crippen LogP contribution in [0.25, 0.3) is 0 Å². The first-order valence-corrected chi connectivity index (χ1v) is 14.9. The van der Waals surface area contributed by atoms with Crippen LogP contribution in [-0.4, -0.2) is 92.2 Å². The van der Waals surface area contributed by atoms with E-state index in [1.807, 2.05) is 23.6 Å². The zero-order valence-electron chi connectivity index (χ0n) is 25.7. The van der Waals surface area contributed by atoms with E-state index in [1.54, 1.807) is 46.3 Å². The van der Waals surface area contributed by atoms with E-state index in [0.29, 0.717) is 43.4 Å². The summed E-state index contributed by atoms with van der Waals surface area (Å²) in [5.74, 6) is 0.662. The molecule has 1 saturated heterocycles. The molecule has 1 heterocycles. The quantitative estimate of drug-likeness (QED) is 0.290. The van der Waals surface area contributed by atoms with Gasteiger partial charge in [0, 0.05) is 69.4 Å². The van der Waals surface area contributed by atoms with Crippen LogP contribution >= 0.6 is 0 Å². The summed E-state index contributed by atoms with van der Waals surface area (Å²) in [6.07, 6.45) is 5.53. The summed E-state index contributed by atoms with van der Waals surface area (Å²) in [7, 11) is 3.24. The molecule has 1 aromatic rings. The number of primary amides is 1. The Morgan fingerprint density at radius 1 is 1.05 bits per heavy atom. The summed E-state index contributed by atoms with van der Waals surface area (Å²) in [6.45, 7) is 9.96. The van der Waals surface area contributed by atoms with Gasteiger partial charge in [-0.05, 0) is 64.2 Å². The van der Waals surface area contributed by atoms with Gasteiger partial charge in [0.25, 0.3) is 5.91 Å². The maximum absolute atomic E-state index is 13.7. The lowest BCUT2D eigenvalue weighted by Crippen LogP contribution is -2.54. The first-order valence-electron chi connectivity index (χ1n) is 14.9. The topological polar surface area (TPSA) is 123 Å². The van der Waals surface area contributed by atoms with Gasteiger partial charge in [0.2, 0.25) is 11.8 Å². The minimum atomic E-state index is -0.853. The number of nitrogens with zero attached hydrogens (tertiary/aromatic N) is 2. The lowest BCUT2D eigenvalue weighted by Gasteiger charge is -2.40. The minimum absolute atomic E-state index is 0.00287. The predicted molar refractivity (Wildman–Crippen MR) is 158 cm³/mol. The Morgan fingerprint density at radius 2 is 1.76 bits per heavy atom. The zero-order valence-corrected chi connectivity index (χ0v) is 25.7. The molecule has 2 aliphatic rings. The highest BCUT2D eigenvalue weighted by molar-refractivity contribution is 5.95. The number of benzene rings is 1. The predicted octanol–water partition coefficient (Wildman–Crippen LogP) is 3.36. The summed E-state index contributed by atoms with van der Waals surface area (Å²) in [6, 6.07) is 5.97. The zero-order chi connectivity index (χ0) is 30.2. The first kappa shape index (κ1) is 32.7. The molecule has 0 unspecified atom stereocenters. The minimum Gasteiger partial charge on any atom is -0.493 e. The van der Waals surface area contributed by atoms with Crippen molar-refractivity contribution in [3.8, 4) is 11.5 Å². The van der Waals surface area contributed by atoms with E-state index >= 15 is 0 Å². The van der Waals surface area contributed by atoms with Crippen LogP contribution in [0.1, 0.15) is 83.0 Å². The van der Waals surface area contributed by atoms with E-state index in [9.17, 15) is 14.4 Å². The van der Waals surface area contributed by atoms with Gasteiger partial charge in [0.15, 0.2) is 11.5 Å². The maximum Gasteiger partial charge on any atom is 0.254 e. The Labute approximate surface area is 245 Å². The number of nitrogens with one attached hydrogen (secondary N) is 1. The highest BCUT2D eigenvalue weighted by atomic mass is 16.5. The highest BCUT2D eigenvalue weighted by Gasteiger charge is 2.37. The molecule has 2 atom stereocenters. The van der Waals surface area contributed by atoms with Crippen LogP contribution in [0.3, 0.4) is 0 Å². The third kappa shape index (κ3) is 9.07. The number of methoxy groups -OCH3 is 2. The van der Waals surface area contributed by atoms with Crippen molar-refractivity contribution in [2.45, 2.75) is 96.8 Å². The van der Waals surface area contributed by atoms with E-state index in [4.69, 9.17) is 19.9 Å². The molecule has 10 nitrogen and oxygen atoms in total. The number of rotatable bonds is 16. The van der Waals surface area contributed by atoms with E-state index in [-0.39, 0.29) is 42.4 Å². The number of piperidine rings is 1. The number of amides is 3. The van der Waals surface area contributed by atoms with Crippen LogP contribution in [0, 0.1) is 5.41 Å². The van der Waals surface area contributed by atoms with Crippen molar-refractivity contribution in [1.29, 1.82) is 0 Å². The van der Waals surface area contributed by atoms with Gasteiger partial charge in [-0.25, -0.2) is 0 Å². The van der Waals surface area contributed by atoms with Crippen LogP contribution in [0.15, 0.2) is 18.2 Å². The third-order valence-corrected chi connectivity index (χ3v) is 8.12. The van der Waals surface area contributed by atoms with Gasteiger partial charge in [-0.3, -0.25) is 14.4 Å². The Bertz CT molecular complexity index is 1030. The third-order valence-electron chi connectivity index (χ3n) is 8.12. The molecular weight excluding hydrogens is 524 g/mol. The summed E-state index contributed by atoms with van der Waals surface area (Å²) in [4.78, 5) is 42.4. The maximum atomic E-state index is 13.7. The summed E-state index contributed by atoms with van der Waals surface area (Å²) < 4.78 is 16.4. The van der Waals surface area contributed by atoms with Crippen LogP contribution in [-0.2, 0) is 14.3 Å². The van der Waals surface area contributed by atoms with Crippen LogP contribution < -0.4 is 20.5 Å². The van der Waals surface area contributed by atoms with Gasteiger partial charge in [-0.15, -0.1) is 0 Å². The molecule has 0 bridgehead atoms. The first-order chi connectivity index (χ1) is 19.5. The van der Waals surface area contributed by atoms with Crippen molar-refractivity contribution < 1.29 is 28.6 Å². The SMILES string of the molecule is COCCCOc1cc(C(=O)N(C(C)C)[C@@H]2CC[C@H](CCN(C(=O)CC(C)(C)C(N)=O)C3CC3)NC2)ccc1OC. The van der Waals surface area contributed by atoms with Crippen molar-refractivity contribution >= 4 is 17.7 Å². The lowest BCUT2D eigenvalue weighted by atomic mass is 9.88. The van der Waals surface area contributed by atoms with Crippen LogP contribution in [0.4, 0.5) is 0 Å². The second kappa shape index (κ2) is 14.9. The van der Waals surface area contributed by atoms with Gasteiger partial charge in [0.1, 0.15) is 0 Å². The number of ether oxygens (including phenoxy) is 3. The van der Waals surface area contributed by atoms with E-state index in [2.05, 4.69) is 5.32 Å². The molecule has 0 radical (unpaired) electrons. The highest BCUT2D eigenvalue weighted by Crippen LogP contribution is 2.32. The lowest BCUT2D eigenvalue weighted by molar-refractivity contribution is -0.139. The van der Waals surface area contributed by atoms with E-state index in [0.717, 1.165) is 38.5 Å². The average molecular weight is 575 g/mol. The van der Waals surface area contributed by atoms with Crippen molar-refractivity contribution in [2.75, 3.05) is 40.5 Å². The Balaban J connectivity index is 1.58. The van der Waals surface area contributed by atoms with Crippen molar-refractivity contribution in [2.24, 2.45) is 11.1 Å². The van der Waals surface area contributed by atoms with E-state index in [1.165, 1.54) is 0 Å². The summed E-state index contributed by atoms with van der Waals surface area (Å²) >= 11 is 0. The van der Waals surface area contributed by atoms with Gasteiger partial charge in [-0.1, -0.05) is 13.8 Å². The fourth-order valence-electron chi connectivity index (χ4n) is 5.42. The molecule has 0 aromatic heterocycles. The number of hydrogen-bond acceptors (Lipinski definition) is 7. The fraction of sp³-hybridized carbons (Fsp3) is 0.710. The Kier molecular flexibility index (Phi) is 11.8. The molecule has 3 rings (SSSR count). The molecule has 0 spiro atoms. The number of carbonyl (C=O) groups excluding carboxylic acids is 3. The molecule has 1 aliphatic carbocycles. The Hall–Kier alpha value is -2.85. The molecule has 10 heteroatoms. The number of nitrogens with two attached hydrogens (primary N) is 1. The van der Waals surface area contributed by atoms with Gasteiger partial charge in [-0.2, -0.15) is 0 Å². The fourth-order valence-corrected chi connectivity index (χ4v) is 5.42. The normalized spacial score (nSPS) is 19.1. The second-order valence-corrected chi connectivity index (χ2v) is 12.2. The largest absolute Gasteiger partial charge is 0.493 e. The standard InChI is InChI=1S/C31H50N4O6/c1-21(2)35(29(37)22-8-13-26(40-6)27(18-22)41-17-7-16-39-5)25-10-9-23(33-20-25)14-15-34(24-11-12-24)28(36)19-31(3,4)30(32)38/h8,13,18,21,23-25,33H,7,9-12,14-17,19-20H2,1-6H3,(H2,32,38)/t23-,25-/m1/s1. The molecule has 1 aromatic carbocycles. The van der Waals surface area contributed by atoms with Crippen molar-refractivity contribution in [1.82, 2.24) is 15.1 Å². The van der Waals surface area contributed by atoms with Gasteiger partial charge < -0.3 is 35.1 Å². The molecule has 1 saturated carbocycles. The molecule has 1 aliphatic heterocycles. The summed E-state index contributed by atoms with van der Waals surface area (Å²) in [5, 5.41) is 3.64. The summed E-state index contributed by atoms with van der Waals surface area (Å²) in [5.41, 5.74) is 5.22.